The lowest BCUT2D eigenvalue weighted by atomic mass is 9.81. The van der Waals surface area contributed by atoms with Crippen LogP contribution < -0.4 is 0 Å². The molecular formula is C18H21NO. The van der Waals surface area contributed by atoms with Crippen LogP contribution in [-0.4, -0.2) is 4.98 Å². The maximum atomic E-state index is 6.12. The predicted molar refractivity (Wildman–Crippen MR) is 84.4 cm³/mol. The molecule has 0 bridgehead atoms. The van der Waals surface area contributed by atoms with Crippen LogP contribution in [0, 0.1) is 20.8 Å². The van der Waals surface area contributed by atoms with E-state index in [2.05, 4.69) is 51.7 Å². The van der Waals surface area contributed by atoms with Gasteiger partial charge in [-0.15, -0.1) is 0 Å². The Balaban J connectivity index is 2.54. The van der Waals surface area contributed by atoms with E-state index < -0.39 is 0 Å². The number of hydrogen-bond donors (Lipinski definition) is 0. The van der Waals surface area contributed by atoms with Gasteiger partial charge in [-0.1, -0.05) is 20.8 Å². The zero-order valence-corrected chi connectivity index (χ0v) is 13.1. The number of rotatable bonds is 0. The van der Waals surface area contributed by atoms with Gasteiger partial charge in [-0.25, -0.2) is 4.98 Å². The van der Waals surface area contributed by atoms with Crippen molar-refractivity contribution in [3.8, 4) is 0 Å². The summed E-state index contributed by atoms with van der Waals surface area (Å²) in [6, 6.07) is 6.39. The average Bonchev–Trinajstić information content (AvgIpc) is 2.65. The topological polar surface area (TPSA) is 26.0 Å². The summed E-state index contributed by atoms with van der Waals surface area (Å²) < 4.78 is 6.12. The maximum absolute atomic E-state index is 6.12. The number of pyridine rings is 1. The van der Waals surface area contributed by atoms with Crippen LogP contribution in [0.25, 0.3) is 22.1 Å². The standard InChI is InChI=1S/C18H21NO/c1-10-9-14-13-8-7-11(2)19-17(13)20-16(14)15(12(10)3)18(4,5)6/h7-9H,1-6H3. The van der Waals surface area contributed by atoms with E-state index in [9.17, 15) is 0 Å². The predicted octanol–water partition coefficient (Wildman–Crippen LogP) is 5.20. The quantitative estimate of drug-likeness (QED) is 0.559. The second kappa shape index (κ2) is 4.08. The number of aryl methyl sites for hydroxylation is 2. The molecule has 0 N–H and O–H groups in total. The molecule has 0 saturated carbocycles. The largest absolute Gasteiger partial charge is 0.437 e. The van der Waals surface area contributed by atoms with Crippen molar-refractivity contribution in [1.29, 1.82) is 0 Å². The van der Waals surface area contributed by atoms with Gasteiger partial charge >= 0.3 is 0 Å². The molecule has 0 saturated heterocycles. The van der Waals surface area contributed by atoms with E-state index in [4.69, 9.17) is 4.42 Å². The van der Waals surface area contributed by atoms with Crippen molar-refractivity contribution >= 4 is 22.1 Å². The molecule has 0 fully saturated rings. The highest BCUT2D eigenvalue weighted by molar-refractivity contribution is 6.05. The van der Waals surface area contributed by atoms with E-state index in [1.54, 1.807) is 0 Å². The lowest BCUT2D eigenvalue weighted by Crippen LogP contribution is -2.14. The van der Waals surface area contributed by atoms with Crippen molar-refractivity contribution in [2.45, 2.75) is 47.0 Å². The van der Waals surface area contributed by atoms with Gasteiger partial charge in [-0.2, -0.15) is 0 Å². The first-order valence-electron chi connectivity index (χ1n) is 7.09. The molecule has 3 aromatic rings. The Hall–Kier alpha value is -1.83. The second-order valence-electron chi connectivity index (χ2n) is 6.73. The summed E-state index contributed by atoms with van der Waals surface area (Å²) in [4.78, 5) is 4.53. The molecule has 0 aliphatic carbocycles. The Labute approximate surface area is 119 Å². The Kier molecular flexibility index (Phi) is 2.69. The summed E-state index contributed by atoms with van der Waals surface area (Å²) in [5.74, 6) is 0. The molecule has 2 aromatic heterocycles. The summed E-state index contributed by atoms with van der Waals surface area (Å²) in [5, 5.41) is 2.29. The second-order valence-corrected chi connectivity index (χ2v) is 6.73. The molecule has 20 heavy (non-hydrogen) atoms. The summed E-state index contributed by atoms with van der Waals surface area (Å²) >= 11 is 0. The van der Waals surface area contributed by atoms with Crippen LogP contribution in [0.1, 0.15) is 43.2 Å². The van der Waals surface area contributed by atoms with E-state index >= 15 is 0 Å². The summed E-state index contributed by atoms with van der Waals surface area (Å²) in [6.45, 7) is 13.1. The highest BCUT2D eigenvalue weighted by atomic mass is 16.3. The molecule has 104 valence electrons. The maximum Gasteiger partial charge on any atom is 0.227 e. The molecule has 3 rings (SSSR count). The highest BCUT2D eigenvalue weighted by Crippen LogP contribution is 2.39. The zero-order chi connectivity index (χ0) is 14.7. The van der Waals surface area contributed by atoms with Gasteiger partial charge in [0.05, 0.1) is 0 Å². The summed E-state index contributed by atoms with van der Waals surface area (Å²) in [6.07, 6.45) is 0. The lowest BCUT2D eigenvalue weighted by molar-refractivity contribution is 0.566. The smallest absolute Gasteiger partial charge is 0.227 e. The number of aromatic nitrogens is 1. The minimum absolute atomic E-state index is 0.0529. The Morgan fingerprint density at radius 1 is 1.00 bits per heavy atom. The monoisotopic (exact) mass is 267 g/mol. The van der Waals surface area contributed by atoms with Crippen molar-refractivity contribution in [3.63, 3.8) is 0 Å². The highest BCUT2D eigenvalue weighted by Gasteiger charge is 2.24. The van der Waals surface area contributed by atoms with Crippen molar-refractivity contribution in [2.75, 3.05) is 0 Å². The molecule has 0 aliphatic rings. The third kappa shape index (κ3) is 1.82. The molecule has 1 aromatic carbocycles. The number of nitrogens with zero attached hydrogens (tertiary/aromatic N) is 1. The van der Waals surface area contributed by atoms with Gasteiger partial charge in [0, 0.05) is 22.0 Å². The molecule has 0 radical (unpaired) electrons. The Morgan fingerprint density at radius 3 is 2.35 bits per heavy atom. The van der Waals surface area contributed by atoms with Crippen LogP contribution in [0.5, 0.6) is 0 Å². The molecule has 2 nitrogen and oxygen atoms in total. The van der Waals surface area contributed by atoms with Gasteiger partial charge in [0.15, 0.2) is 0 Å². The Bertz CT molecular complexity index is 819. The molecule has 2 heteroatoms. The van der Waals surface area contributed by atoms with Crippen molar-refractivity contribution in [3.05, 3.63) is 40.6 Å². The molecule has 0 spiro atoms. The average molecular weight is 267 g/mol. The molecule has 2 heterocycles. The van der Waals surface area contributed by atoms with E-state index in [0.717, 1.165) is 22.4 Å². The molecule has 0 amide bonds. The SMILES string of the molecule is Cc1ccc2c(n1)oc1c(C(C)(C)C)c(C)c(C)cc12. The van der Waals surface area contributed by atoms with Crippen LogP contribution in [0.2, 0.25) is 0 Å². The lowest BCUT2D eigenvalue weighted by Gasteiger charge is -2.23. The van der Waals surface area contributed by atoms with Crippen molar-refractivity contribution < 1.29 is 4.42 Å². The molecular weight excluding hydrogens is 246 g/mol. The number of benzene rings is 1. The van der Waals surface area contributed by atoms with Gasteiger partial charge in [0.2, 0.25) is 5.71 Å². The first-order chi connectivity index (χ1) is 9.29. The molecule has 0 unspecified atom stereocenters. The normalized spacial score (nSPS) is 12.5. The number of hydrogen-bond acceptors (Lipinski definition) is 2. The summed E-state index contributed by atoms with van der Waals surface area (Å²) in [7, 11) is 0. The third-order valence-electron chi connectivity index (χ3n) is 4.04. The van der Waals surface area contributed by atoms with Crippen molar-refractivity contribution in [1.82, 2.24) is 4.98 Å². The van der Waals surface area contributed by atoms with E-state index in [1.165, 1.54) is 22.1 Å². The van der Waals surface area contributed by atoms with Crippen molar-refractivity contribution in [2.24, 2.45) is 0 Å². The summed E-state index contributed by atoms with van der Waals surface area (Å²) in [5.41, 5.74) is 6.71. The van der Waals surface area contributed by atoms with Crippen LogP contribution in [0.3, 0.4) is 0 Å². The van der Waals surface area contributed by atoms with E-state index in [0.29, 0.717) is 0 Å². The fraction of sp³-hybridized carbons (Fsp3) is 0.389. The first-order valence-corrected chi connectivity index (χ1v) is 7.09. The third-order valence-corrected chi connectivity index (χ3v) is 4.04. The van der Waals surface area contributed by atoms with E-state index in [-0.39, 0.29) is 5.41 Å². The van der Waals surface area contributed by atoms with Gasteiger partial charge in [-0.3, -0.25) is 0 Å². The minimum atomic E-state index is 0.0529. The minimum Gasteiger partial charge on any atom is -0.437 e. The fourth-order valence-electron chi connectivity index (χ4n) is 3.01. The fourth-order valence-corrected chi connectivity index (χ4v) is 3.01. The van der Waals surface area contributed by atoms with Gasteiger partial charge in [-0.05, 0) is 55.5 Å². The zero-order valence-electron chi connectivity index (χ0n) is 13.1. The number of fused-ring (bicyclic) bond motifs is 3. The van der Waals surface area contributed by atoms with Crippen LogP contribution in [0.4, 0.5) is 0 Å². The first kappa shape index (κ1) is 13.2. The van der Waals surface area contributed by atoms with Gasteiger partial charge < -0.3 is 4.42 Å². The van der Waals surface area contributed by atoms with Crippen LogP contribution in [0.15, 0.2) is 22.6 Å². The van der Waals surface area contributed by atoms with Gasteiger partial charge in [0.1, 0.15) is 5.58 Å². The number of furan rings is 1. The molecule has 0 atom stereocenters. The van der Waals surface area contributed by atoms with Crippen LogP contribution >= 0.6 is 0 Å². The Morgan fingerprint density at radius 2 is 1.70 bits per heavy atom. The molecule has 0 aliphatic heterocycles. The van der Waals surface area contributed by atoms with E-state index in [1.807, 2.05) is 13.0 Å². The van der Waals surface area contributed by atoms with Crippen LogP contribution in [-0.2, 0) is 5.41 Å². The van der Waals surface area contributed by atoms with Gasteiger partial charge in [0.25, 0.3) is 0 Å².